The molecule has 1 aromatic carbocycles. The van der Waals surface area contributed by atoms with Crippen molar-refractivity contribution in [3.63, 3.8) is 0 Å². The number of nitrogen functional groups attached to an aromatic ring is 1. The van der Waals surface area contributed by atoms with E-state index in [1.54, 1.807) is 35.3 Å². The molecule has 2 aromatic heterocycles. The predicted molar refractivity (Wildman–Crippen MR) is 70.2 cm³/mol. The molecule has 3 aromatic rings. The zero-order valence-corrected chi connectivity index (χ0v) is 10.3. The molecule has 0 unspecified atom stereocenters. The average molecular weight is 260 g/mol. The maximum atomic E-state index is 6.08. The van der Waals surface area contributed by atoms with Gasteiger partial charge in [0, 0.05) is 17.3 Å². The lowest BCUT2D eigenvalue weighted by atomic mass is 10.3. The number of aromatic nitrogens is 3. The van der Waals surface area contributed by atoms with Crippen LogP contribution in [0.5, 0.6) is 0 Å². The average Bonchev–Trinajstić information content (AvgIpc) is 2.83. The van der Waals surface area contributed by atoms with Crippen LogP contribution in [0.3, 0.4) is 0 Å². The van der Waals surface area contributed by atoms with E-state index in [0.29, 0.717) is 10.8 Å². The van der Waals surface area contributed by atoms with Gasteiger partial charge in [-0.1, -0.05) is 0 Å². The highest BCUT2D eigenvalue weighted by Gasteiger charge is 2.09. The van der Waals surface area contributed by atoms with Gasteiger partial charge in [-0.05, 0) is 30.0 Å². The van der Waals surface area contributed by atoms with Crippen molar-refractivity contribution in [3.05, 3.63) is 36.1 Å². The molecular weight excluding hydrogens is 252 g/mol. The van der Waals surface area contributed by atoms with Gasteiger partial charge in [0.1, 0.15) is 5.52 Å². The van der Waals surface area contributed by atoms with Crippen molar-refractivity contribution < 1.29 is 0 Å². The van der Waals surface area contributed by atoms with Crippen molar-refractivity contribution >= 4 is 39.0 Å². The van der Waals surface area contributed by atoms with Crippen LogP contribution in [0.4, 0.5) is 5.69 Å². The fourth-order valence-corrected chi connectivity index (χ4v) is 2.92. The maximum Gasteiger partial charge on any atom is 0.192 e. The first-order valence-corrected chi connectivity index (χ1v) is 6.61. The first kappa shape index (κ1) is 10.5. The first-order chi connectivity index (χ1) is 8.34. The summed E-state index contributed by atoms with van der Waals surface area (Å²) in [6.07, 6.45) is 3.43. The van der Waals surface area contributed by atoms with E-state index in [1.165, 1.54) is 11.8 Å². The van der Waals surface area contributed by atoms with E-state index >= 15 is 0 Å². The molecule has 0 fully saturated rings. The minimum atomic E-state index is 0.689. The zero-order chi connectivity index (χ0) is 11.7. The normalized spacial score (nSPS) is 10.8. The van der Waals surface area contributed by atoms with E-state index in [1.807, 2.05) is 12.1 Å². The number of nitrogens with two attached hydrogens (primary N) is 1. The number of hydrogen-bond acceptors (Lipinski definition) is 6. The SMILES string of the molecule is Nc1c(Sc2ncccn2)ccc2scnc12. The molecule has 4 nitrogen and oxygen atoms in total. The maximum absolute atomic E-state index is 6.08. The monoisotopic (exact) mass is 260 g/mol. The van der Waals surface area contributed by atoms with Crippen LogP contribution in [0.15, 0.2) is 46.2 Å². The second kappa shape index (κ2) is 4.31. The van der Waals surface area contributed by atoms with E-state index in [0.717, 1.165) is 15.1 Å². The standard InChI is InChI=1S/C11H8N4S2/c12-9-7(17-11-13-4-1-5-14-11)2-3-8-10(9)15-6-16-8/h1-6H,12H2. The number of fused-ring (bicyclic) bond motifs is 1. The van der Waals surface area contributed by atoms with E-state index in [4.69, 9.17) is 5.73 Å². The highest BCUT2D eigenvalue weighted by Crippen LogP contribution is 2.35. The van der Waals surface area contributed by atoms with Gasteiger partial charge in [0.15, 0.2) is 5.16 Å². The molecule has 84 valence electrons. The Balaban J connectivity index is 2.03. The molecule has 0 aliphatic heterocycles. The molecule has 6 heteroatoms. The third kappa shape index (κ3) is 1.96. The van der Waals surface area contributed by atoms with E-state index in [9.17, 15) is 0 Å². The summed E-state index contributed by atoms with van der Waals surface area (Å²) in [6.45, 7) is 0. The van der Waals surface area contributed by atoms with Gasteiger partial charge in [0.25, 0.3) is 0 Å². The lowest BCUT2D eigenvalue weighted by Gasteiger charge is -2.04. The topological polar surface area (TPSA) is 64.7 Å². The molecule has 2 heterocycles. The van der Waals surface area contributed by atoms with Crippen LogP contribution < -0.4 is 5.73 Å². The molecule has 17 heavy (non-hydrogen) atoms. The molecule has 0 amide bonds. The van der Waals surface area contributed by atoms with Crippen LogP contribution in [0, 0.1) is 0 Å². The number of anilines is 1. The van der Waals surface area contributed by atoms with Crippen molar-refractivity contribution in [3.8, 4) is 0 Å². The quantitative estimate of drug-likeness (QED) is 0.567. The molecule has 0 aliphatic carbocycles. The summed E-state index contributed by atoms with van der Waals surface area (Å²) in [5, 5.41) is 0.689. The summed E-state index contributed by atoms with van der Waals surface area (Å²) in [5.41, 5.74) is 9.43. The van der Waals surface area contributed by atoms with Crippen LogP contribution in [0.2, 0.25) is 0 Å². The van der Waals surface area contributed by atoms with Crippen LogP contribution >= 0.6 is 23.1 Å². The number of thiazole rings is 1. The highest BCUT2D eigenvalue weighted by molar-refractivity contribution is 7.99. The Morgan fingerprint density at radius 3 is 2.76 bits per heavy atom. The number of rotatable bonds is 2. The molecule has 3 rings (SSSR count). The van der Waals surface area contributed by atoms with Gasteiger partial charge in [-0.25, -0.2) is 15.0 Å². The molecule has 0 aliphatic rings. The third-order valence-electron chi connectivity index (χ3n) is 2.24. The summed E-state index contributed by atoms with van der Waals surface area (Å²) >= 11 is 3.03. The number of benzene rings is 1. The molecule has 2 N–H and O–H groups in total. The molecule has 0 atom stereocenters. The molecule has 0 saturated heterocycles. The minimum absolute atomic E-state index is 0.689. The Morgan fingerprint density at radius 2 is 1.94 bits per heavy atom. The van der Waals surface area contributed by atoms with Crippen molar-refractivity contribution in [1.29, 1.82) is 0 Å². The Labute approximate surface area is 106 Å². The second-order valence-corrected chi connectivity index (χ2v) is 5.21. The van der Waals surface area contributed by atoms with Gasteiger partial charge in [0.05, 0.1) is 15.9 Å². The lowest BCUT2D eigenvalue weighted by molar-refractivity contribution is 0.967. The Hall–Kier alpha value is -1.66. The van der Waals surface area contributed by atoms with Gasteiger partial charge in [-0.3, -0.25) is 0 Å². The van der Waals surface area contributed by atoms with Gasteiger partial charge >= 0.3 is 0 Å². The van der Waals surface area contributed by atoms with Crippen molar-refractivity contribution in [2.75, 3.05) is 5.73 Å². The summed E-state index contributed by atoms with van der Waals surface area (Å²) in [5.74, 6) is 0. The van der Waals surface area contributed by atoms with Crippen LogP contribution in [-0.4, -0.2) is 15.0 Å². The first-order valence-electron chi connectivity index (χ1n) is 4.91. The Bertz CT molecular complexity index is 651. The molecule has 0 spiro atoms. The van der Waals surface area contributed by atoms with E-state index in [-0.39, 0.29) is 0 Å². The Kier molecular flexibility index (Phi) is 2.66. The fraction of sp³-hybridized carbons (Fsp3) is 0. The number of nitrogens with zero attached hydrogens (tertiary/aromatic N) is 3. The summed E-state index contributed by atoms with van der Waals surface area (Å²) in [7, 11) is 0. The Morgan fingerprint density at radius 1 is 1.12 bits per heavy atom. The highest BCUT2D eigenvalue weighted by atomic mass is 32.2. The van der Waals surface area contributed by atoms with E-state index < -0.39 is 0 Å². The van der Waals surface area contributed by atoms with Gasteiger partial charge in [0.2, 0.25) is 0 Å². The second-order valence-electron chi connectivity index (χ2n) is 3.31. The van der Waals surface area contributed by atoms with Crippen molar-refractivity contribution in [2.24, 2.45) is 0 Å². The lowest BCUT2D eigenvalue weighted by Crippen LogP contribution is -1.91. The van der Waals surface area contributed by atoms with Crippen LogP contribution in [0.1, 0.15) is 0 Å². The van der Waals surface area contributed by atoms with Gasteiger partial charge < -0.3 is 5.73 Å². The molecule has 0 bridgehead atoms. The fourth-order valence-electron chi connectivity index (χ4n) is 1.46. The van der Waals surface area contributed by atoms with Crippen LogP contribution in [-0.2, 0) is 0 Å². The molecular formula is C11H8N4S2. The zero-order valence-electron chi connectivity index (χ0n) is 8.70. The predicted octanol–water partition coefficient (Wildman–Crippen LogP) is 2.82. The number of hydrogen-bond donors (Lipinski definition) is 1. The summed E-state index contributed by atoms with van der Waals surface area (Å²) < 4.78 is 1.10. The van der Waals surface area contributed by atoms with Crippen molar-refractivity contribution in [1.82, 2.24) is 15.0 Å². The third-order valence-corrected chi connectivity index (χ3v) is 4.01. The smallest absolute Gasteiger partial charge is 0.192 e. The van der Waals surface area contributed by atoms with Gasteiger partial charge in [-0.15, -0.1) is 11.3 Å². The van der Waals surface area contributed by atoms with Gasteiger partial charge in [-0.2, -0.15) is 0 Å². The summed E-state index contributed by atoms with van der Waals surface area (Å²) in [6, 6.07) is 5.79. The molecule has 0 radical (unpaired) electrons. The van der Waals surface area contributed by atoms with Crippen molar-refractivity contribution in [2.45, 2.75) is 10.1 Å². The van der Waals surface area contributed by atoms with E-state index in [2.05, 4.69) is 15.0 Å². The molecule has 0 saturated carbocycles. The summed E-state index contributed by atoms with van der Waals surface area (Å²) in [4.78, 5) is 13.5. The minimum Gasteiger partial charge on any atom is -0.396 e. The van der Waals surface area contributed by atoms with Crippen LogP contribution in [0.25, 0.3) is 10.2 Å². The largest absolute Gasteiger partial charge is 0.396 e.